The first kappa shape index (κ1) is 21.3. The van der Waals surface area contributed by atoms with Crippen LogP contribution >= 0.6 is 45.9 Å². The van der Waals surface area contributed by atoms with Gasteiger partial charge in [-0.15, -0.1) is 22.7 Å². The molecule has 160 valence electrons. The molecule has 32 heavy (non-hydrogen) atoms. The minimum Gasteiger partial charge on any atom is -0.316 e. The summed E-state index contributed by atoms with van der Waals surface area (Å²) in [6, 6.07) is 14.1. The van der Waals surface area contributed by atoms with Gasteiger partial charge in [-0.05, 0) is 35.2 Å². The van der Waals surface area contributed by atoms with Gasteiger partial charge in [0, 0.05) is 26.9 Å². The number of fused-ring (bicyclic) bond motifs is 1. The van der Waals surface area contributed by atoms with Crippen molar-refractivity contribution in [2.45, 2.75) is 19.8 Å². The Morgan fingerprint density at radius 2 is 1.72 bits per heavy atom. The fourth-order valence-corrected chi connectivity index (χ4v) is 5.61. The van der Waals surface area contributed by atoms with E-state index in [1.807, 2.05) is 17.5 Å². The van der Waals surface area contributed by atoms with Crippen LogP contribution in [-0.2, 0) is 0 Å². The van der Waals surface area contributed by atoms with E-state index in [4.69, 9.17) is 28.2 Å². The fourth-order valence-electron chi connectivity index (χ4n) is 3.48. The lowest BCUT2D eigenvalue weighted by atomic mass is 9.99. The lowest BCUT2D eigenvalue weighted by Crippen LogP contribution is -1.95. The number of anilines is 2. The summed E-state index contributed by atoms with van der Waals surface area (Å²) >= 11 is 15.5. The molecule has 5 rings (SSSR count). The lowest BCUT2D eigenvalue weighted by molar-refractivity contribution is 0.867. The van der Waals surface area contributed by atoms with Gasteiger partial charge in [0.05, 0.1) is 16.1 Å². The van der Waals surface area contributed by atoms with Crippen molar-refractivity contribution in [2.24, 2.45) is 0 Å². The Balaban J connectivity index is 1.50. The van der Waals surface area contributed by atoms with Gasteiger partial charge in [-0.2, -0.15) is 0 Å². The number of rotatable bonds is 5. The van der Waals surface area contributed by atoms with Crippen LogP contribution in [0.25, 0.3) is 32.6 Å². The van der Waals surface area contributed by atoms with Gasteiger partial charge in [-0.3, -0.25) is 0 Å². The van der Waals surface area contributed by atoms with E-state index < -0.39 is 0 Å². The molecular weight excluding hydrogens is 479 g/mol. The van der Waals surface area contributed by atoms with E-state index >= 15 is 0 Å². The van der Waals surface area contributed by atoms with Gasteiger partial charge in [0.25, 0.3) is 0 Å². The summed E-state index contributed by atoms with van der Waals surface area (Å²) in [5.74, 6) is 1.24. The second-order valence-electron chi connectivity index (χ2n) is 7.62. The topological polar surface area (TPSA) is 50.7 Å². The summed E-state index contributed by atoms with van der Waals surface area (Å²) < 4.78 is 0. The molecule has 0 saturated carbocycles. The van der Waals surface area contributed by atoms with Crippen LogP contribution < -0.4 is 5.32 Å². The van der Waals surface area contributed by atoms with E-state index in [9.17, 15) is 0 Å². The van der Waals surface area contributed by atoms with Crippen LogP contribution in [0, 0.1) is 0 Å². The van der Waals surface area contributed by atoms with E-state index in [2.05, 4.69) is 58.8 Å². The van der Waals surface area contributed by atoms with Gasteiger partial charge in [-0.25, -0.2) is 15.0 Å². The number of nitrogens with zero attached hydrogens (tertiary/aromatic N) is 3. The summed E-state index contributed by atoms with van der Waals surface area (Å²) in [6.45, 7) is 4.40. The van der Waals surface area contributed by atoms with Crippen LogP contribution in [0.4, 0.5) is 10.9 Å². The van der Waals surface area contributed by atoms with Crippen molar-refractivity contribution >= 4 is 67.0 Å². The quantitative estimate of drug-likeness (QED) is 0.264. The third kappa shape index (κ3) is 4.11. The molecule has 0 saturated heterocycles. The monoisotopic (exact) mass is 496 g/mol. The molecule has 0 fully saturated rings. The molecule has 0 amide bonds. The Kier molecular flexibility index (Phi) is 5.86. The van der Waals surface area contributed by atoms with Gasteiger partial charge in [0.15, 0.2) is 5.13 Å². The molecule has 0 aliphatic rings. The van der Waals surface area contributed by atoms with Crippen molar-refractivity contribution in [1.82, 2.24) is 15.0 Å². The van der Waals surface area contributed by atoms with Gasteiger partial charge >= 0.3 is 0 Å². The normalized spacial score (nSPS) is 11.4. The number of thiophene rings is 1. The Labute approximate surface area is 203 Å². The summed E-state index contributed by atoms with van der Waals surface area (Å²) in [4.78, 5) is 14.6. The number of hydrogen-bond donors (Lipinski definition) is 1. The maximum Gasteiger partial charge on any atom is 0.188 e. The highest BCUT2D eigenvalue weighted by Crippen LogP contribution is 2.39. The van der Waals surface area contributed by atoms with Crippen LogP contribution in [0.15, 0.2) is 59.6 Å². The molecule has 0 radical (unpaired) electrons. The molecule has 0 aliphatic heterocycles. The molecule has 5 aromatic rings. The largest absolute Gasteiger partial charge is 0.316 e. The Hall–Kier alpha value is -2.51. The summed E-state index contributed by atoms with van der Waals surface area (Å²) in [5, 5.41) is 10.4. The summed E-state index contributed by atoms with van der Waals surface area (Å²) in [6.07, 6.45) is 1.58. The van der Waals surface area contributed by atoms with Crippen LogP contribution in [0.3, 0.4) is 0 Å². The number of aromatic nitrogens is 3. The highest BCUT2D eigenvalue weighted by atomic mass is 35.5. The molecule has 1 N–H and O–H groups in total. The van der Waals surface area contributed by atoms with Crippen molar-refractivity contribution in [3.8, 4) is 22.4 Å². The lowest BCUT2D eigenvalue weighted by Gasteiger charge is -2.08. The molecule has 0 bridgehead atoms. The SMILES string of the molecule is CC(C)c1ccc(-c2csc3ncnc(Nc4nc(-c5ccc(Cl)cc5Cl)cs4)c23)cc1. The Morgan fingerprint density at radius 3 is 2.47 bits per heavy atom. The predicted molar refractivity (Wildman–Crippen MR) is 138 cm³/mol. The second-order valence-corrected chi connectivity index (χ2v) is 10.2. The van der Waals surface area contributed by atoms with Crippen LogP contribution in [0.1, 0.15) is 25.3 Å². The minimum atomic E-state index is 0.497. The number of benzene rings is 2. The van der Waals surface area contributed by atoms with Gasteiger partial charge in [0.1, 0.15) is 17.0 Å². The molecular formula is C24H18Cl2N4S2. The number of hydrogen-bond acceptors (Lipinski definition) is 6. The van der Waals surface area contributed by atoms with E-state index in [1.165, 1.54) is 16.9 Å². The van der Waals surface area contributed by atoms with Gasteiger partial charge < -0.3 is 5.32 Å². The second kappa shape index (κ2) is 8.79. The third-order valence-corrected chi connectivity index (χ3v) is 7.39. The zero-order valence-electron chi connectivity index (χ0n) is 17.3. The summed E-state index contributed by atoms with van der Waals surface area (Å²) in [7, 11) is 0. The Morgan fingerprint density at radius 1 is 0.906 bits per heavy atom. The average molecular weight is 497 g/mol. The fraction of sp³-hybridized carbons (Fsp3) is 0.125. The molecule has 0 unspecified atom stereocenters. The predicted octanol–water partition coefficient (Wildman–Crippen LogP) is 8.66. The van der Waals surface area contributed by atoms with Crippen LogP contribution in [0.2, 0.25) is 10.0 Å². The highest BCUT2D eigenvalue weighted by Gasteiger charge is 2.15. The maximum absolute atomic E-state index is 6.36. The molecule has 0 aliphatic carbocycles. The van der Waals surface area contributed by atoms with Gasteiger partial charge in [0.2, 0.25) is 0 Å². The highest BCUT2D eigenvalue weighted by molar-refractivity contribution is 7.17. The van der Waals surface area contributed by atoms with E-state index in [0.29, 0.717) is 16.0 Å². The smallest absolute Gasteiger partial charge is 0.188 e. The molecule has 8 heteroatoms. The molecule has 3 heterocycles. The maximum atomic E-state index is 6.36. The van der Waals surface area contributed by atoms with Crippen molar-refractivity contribution in [3.63, 3.8) is 0 Å². The van der Waals surface area contributed by atoms with Crippen molar-refractivity contribution in [2.75, 3.05) is 5.32 Å². The van der Waals surface area contributed by atoms with Crippen LogP contribution in [0.5, 0.6) is 0 Å². The Bertz CT molecular complexity index is 1410. The molecule has 4 nitrogen and oxygen atoms in total. The zero-order valence-corrected chi connectivity index (χ0v) is 20.4. The number of nitrogens with one attached hydrogen (secondary N) is 1. The molecule has 3 aromatic heterocycles. The number of halogens is 2. The zero-order chi connectivity index (χ0) is 22.2. The molecule has 0 spiro atoms. The molecule has 2 aromatic carbocycles. The molecule has 0 atom stereocenters. The van der Waals surface area contributed by atoms with Gasteiger partial charge in [-0.1, -0.05) is 61.3 Å². The van der Waals surface area contributed by atoms with E-state index in [-0.39, 0.29) is 0 Å². The first-order chi connectivity index (χ1) is 15.5. The van der Waals surface area contributed by atoms with E-state index in [1.54, 1.807) is 23.7 Å². The van der Waals surface area contributed by atoms with Crippen molar-refractivity contribution in [3.05, 3.63) is 75.2 Å². The first-order valence-electron chi connectivity index (χ1n) is 10.00. The van der Waals surface area contributed by atoms with Crippen molar-refractivity contribution in [1.29, 1.82) is 0 Å². The standard InChI is InChI=1S/C24H18Cl2N4S2/c1-13(2)14-3-5-15(6-4-14)18-10-31-23-21(18)22(27-12-28-23)30-24-29-20(11-32-24)17-8-7-16(25)9-19(17)26/h3-13H,1-2H3,(H,27,28,29,30). The number of thiazole rings is 1. The third-order valence-electron chi connectivity index (χ3n) is 5.20. The minimum absolute atomic E-state index is 0.497. The van der Waals surface area contributed by atoms with Crippen molar-refractivity contribution < 1.29 is 0 Å². The van der Waals surface area contributed by atoms with E-state index in [0.717, 1.165) is 43.6 Å². The first-order valence-corrected chi connectivity index (χ1v) is 12.5. The average Bonchev–Trinajstić information content (AvgIpc) is 3.42. The summed E-state index contributed by atoms with van der Waals surface area (Å²) in [5.41, 5.74) is 5.21. The van der Waals surface area contributed by atoms with Crippen LogP contribution in [-0.4, -0.2) is 15.0 Å².